The van der Waals surface area contributed by atoms with Gasteiger partial charge in [0.25, 0.3) is 0 Å². The lowest BCUT2D eigenvalue weighted by Gasteiger charge is -2.43. The van der Waals surface area contributed by atoms with Gasteiger partial charge in [0.15, 0.2) is 0 Å². The van der Waals surface area contributed by atoms with Crippen LogP contribution in [0.2, 0.25) is 0 Å². The van der Waals surface area contributed by atoms with Crippen molar-refractivity contribution >= 4 is 0 Å². The fourth-order valence-electron chi connectivity index (χ4n) is 2.83. The second-order valence-corrected chi connectivity index (χ2v) is 5.23. The monoisotopic (exact) mass is 197 g/mol. The summed E-state index contributed by atoms with van der Waals surface area (Å²) in [5, 5.41) is 0. The van der Waals surface area contributed by atoms with Gasteiger partial charge < -0.3 is 4.90 Å². The Morgan fingerprint density at radius 2 is 1.71 bits per heavy atom. The molecule has 0 amide bonds. The molecule has 0 bridgehead atoms. The molecule has 0 aromatic heterocycles. The fraction of sp³-hybridized carbons (Fsp3) is 1.00. The average Bonchev–Trinajstić information content (AvgIpc) is 2.19. The molecule has 0 unspecified atom stereocenters. The highest BCUT2D eigenvalue weighted by Crippen LogP contribution is 2.39. The minimum atomic E-state index is 0.695. The minimum Gasteiger partial charge on any atom is -0.301 e. The van der Waals surface area contributed by atoms with Crippen LogP contribution in [0.1, 0.15) is 59.8 Å². The quantitative estimate of drug-likeness (QED) is 0.664. The summed E-state index contributed by atoms with van der Waals surface area (Å²) in [7, 11) is 0. The number of hydrogen-bond donors (Lipinski definition) is 0. The summed E-state index contributed by atoms with van der Waals surface area (Å²) in [4.78, 5) is 2.63. The van der Waals surface area contributed by atoms with Crippen LogP contribution in [0.25, 0.3) is 0 Å². The van der Waals surface area contributed by atoms with Crippen LogP contribution in [-0.4, -0.2) is 24.0 Å². The van der Waals surface area contributed by atoms with Crippen molar-refractivity contribution in [3.05, 3.63) is 0 Å². The Labute approximate surface area is 89.9 Å². The number of hydrogen-bond acceptors (Lipinski definition) is 1. The molecule has 0 aromatic carbocycles. The maximum absolute atomic E-state index is 2.63. The van der Waals surface area contributed by atoms with Crippen molar-refractivity contribution in [2.45, 2.75) is 65.8 Å². The van der Waals surface area contributed by atoms with Crippen LogP contribution in [0.15, 0.2) is 0 Å². The van der Waals surface area contributed by atoms with Gasteiger partial charge in [0.1, 0.15) is 0 Å². The molecule has 1 fully saturated rings. The van der Waals surface area contributed by atoms with Gasteiger partial charge in [-0.05, 0) is 51.6 Å². The van der Waals surface area contributed by atoms with E-state index in [1.54, 1.807) is 0 Å². The van der Waals surface area contributed by atoms with E-state index in [9.17, 15) is 0 Å². The van der Waals surface area contributed by atoms with Gasteiger partial charge in [0.05, 0.1) is 0 Å². The lowest BCUT2D eigenvalue weighted by Crippen LogP contribution is -2.43. The van der Waals surface area contributed by atoms with E-state index in [1.165, 1.54) is 45.2 Å². The first kappa shape index (κ1) is 12.0. The van der Waals surface area contributed by atoms with Gasteiger partial charge in [-0.3, -0.25) is 0 Å². The molecule has 0 spiro atoms. The average molecular weight is 197 g/mol. The Morgan fingerprint density at radius 3 is 2.07 bits per heavy atom. The molecule has 1 heterocycles. The lowest BCUT2D eigenvalue weighted by molar-refractivity contribution is 0.0719. The van der Waals surface area contributed by atoms with Crippen LogP contribution in [0.3, 0.4) is 0 Å². The Balaban J connectivity index is 2.46. The smallest absolute Gasteiger partial charge is 0.00385 e. The van der Waals surface area contributed by atoms with E-state index in [4.69, 9.17) is 0 Å². The van der Waals surface area contributed by atoms with E-state index in [2.05, 4.69) is 32.6 Å². The highest BCUT2D eigenvalue weighted by molar-refractivity contribution is 4.85. The predicted molar refractivity (Wildman–Crippen MR) is 63.6 cm³/mol. The molecule has 14 heavy (non-hydrogen) atoms. The highest BCUT2D eigenvalue weighted by atomic mass is 15.2. The van der Waals surface area contributed by atoms with Gasteiger partial charge in [-0.15, -0.1) is 0 Å². The molecule has 84 valence electrons. The van der Waals surface area contributed by atoms with E-state index in [0.717, 1.165) is 6.04 Å². The standard InChI is InChI=1S/C13H27N/c1-5-7-13(6-2)8-10-14(11-9-13)12(3)4/h12H,5-11H2,1-4H3. The molecule has 1 aliphatic rings. The first-order valence-electron chi connectivity index (χ1n) is 6.37. The Kier molecular flexibility index (Phi) is 4.43. The van der Waals surface area contributed by atoms with Crippen LogP contribution < -0.4 is 0 Å². The van der Waals surface area contributed by atoms with Gasteiger partial charge in [-0.25, -0.2) is 0 Å². The Morgan fingerprint density at radius 1 is 1.14 bits per heavy atom. The largest absolute Gasteiger partial charge is 0.301 e. The van der Waals surface area contributed by atoms with Crippen LogP contribution >= 0.6 is 0 Å². The van der Waals surface area contributed by atoms with E-state index in [0.29, 0.717) is 5.41 Å². The molecule has 1 saturated heterocycles. The second kappa shape index (κ2) is 5.16. The first-order valence-corrected chi connectivity index (χ1v) is 6.37. The Bertz CT molecular complexity index is 155. The SMILES string of the molecule is CCCC1(CC)CCN(C(C)C)CC1. The molecule has 0 atom stereocenters. The summed E-state index contributed by atoms with van der Waals surface area (Å²) in [6.07, 6.45) is 7.03. The van der Waals surface area contributed by atoms with Gasteiger partial charge in [0, 0.05) is 6.04 Å². The minimum absolute atomic E-state index is 0.695. The summed E-state index contributed by atoms with van der Waals surface area (Å²) >= 11 is 0. The molecule has 0 aromatic rings. The van der Waals surface area contributed by atoms with Gasteiger partial charge in [0.2, 0.25) is 0 Å². The molecule has 1 nitrogen and oxygen atoms in total. The number of nitrogens with zero attached hydrogens (tertiary/aromatic N) is 1. The molecule has 1 rings (SSSR count). The molecule has 0 saturated carbocycles. The molecule has 1 aliphatic heterocycles. The van der Waals surface area contributed by atoms with Crippen LogP contribution in [0, 0.1) is 5.41 Å². The zero-order chi connectivity index (χ0) is 10.6. The van der Waals surface area contributed by atoms with E-state index in [1.807, 2.05) is 0 Å². The molecule has 1 heteroatoms. The zero-order valence-corrected chi connectivity index (χ0v) is 10.5. The molecular formula is C13H27N. The van der Waals surface area contributed by atoms with Crippen LogP contribution in [0.4, 0.5) is 0 Å². The maximum atomic E-state index is 2.63. The number of piperidine rings is 1. The summed E-state index contributed by atoms with van der Waals surface area (Å²) in [6.45, 7) is 12.0. The molecule has 0 radical (unpaired) electrons. The van der Waals surface area contributed by atoms with Crippen molar-refractivity contribution in [2.24, 2.45) is 5.41 Å². The van der Waals surface area contributed by atoms with E-state index < -0.39 is 0 Å². The summed E-state index contributed by atoms with van der Waals surface area (Å²) in [5.41, 5.74) is 0.695. The normalized spacial score (nSPS) is 22.9. The fourth-order valence-corrected chi connectivity index (χ4v) is 2.83. The molecule has 0 N–H and O–H groups in total. The third kappa shape index (κ3) is 2.73. The van der Waals surface area contributed by atoms with Crippen molar-refractivity contribution < 1.29 is 0 Å². The van der Waals surface area contributed by atoms with Gasteiger partial charge in [-0.1, -0.05) is 26.7 Å². The van der Waals surface area contributed by atoms with Crippen molar-refractivity contribution in [1.29, 1.82) is 0 Å². The zero-order valence-electron chi connectivity index (χ0n) is 10.5. The second-order valence-electron chi connectivity index (χ2n) is 5.23. The summed E-state index contributed by atoms with van der Waals surface area (Å²) in [6, 6.07) is 0.742. The summed E-state index contributed by atoms with van der Waals surface area (Å²) < 4.78 is 0. The summed E-state index contributed by atoms with van der Waals surface area (Å²) in [5.74, 6) is 0. The van der Waals surface area contributed by atoms with E-state index in [-0.39, 0.29) is 0 Å². The molecule has 0 aliphatic carbocycles. The van der Waals surface area contributed by atoms with Crippen LogP contribution in [0.5, 0.6) is 0 Å². The molecular weight excluding hydrogens is 170 g/mol. The van der Waals surface area contributed by atoms with Gasteiger partial charge in [-0.2, -0.15) is 0 Å². The first-order chi connectivity index (χ1) is 6.63. The van der Waals surface area contributed by atoms with Gasteiger partial charge >= 0.3 is 0 Å². The third-order valence-electron chi connectivity index (χ3n) is 4.12. The lowest BCUT2D eigenvalue weighted by atomic mass is 9.73. The van der Waals surface area contributed by atoms with Crippen molar-refractivity contribution in [1.82, 2.24) is 4.90 Å². The van der Waals surface area contributed by atoms with Crippen molar-refractivity contribution in [3.8, 4) is 0 Å². The van der Waals surface area contributed by atoms with Crippen molar-refractivity contribution in [3.63, 3.8) is 0 Å². The highest BCUT2D eigenvalue weighted by Gasteiger charge is 2.32. The van der Waals surface area contributed by atoms with E-state index >= 15 is 0 Å². The van der Waals surface area contributed by atoms with Crippen molar-refractivity contribution in [2.75, 3.05) is 13.1 Å². The number of likely N-dealkylation sites (tertiary alicyclic amines) is 1. The Hall–Kier alpha value is -0.0400. The van der Waals surface area contributed by atoms with Crippen LogP contribution in [-0.2, 0) is 0 Å². The third-order valence-corrected chi connectivity index (χ3v) is 4.12. The predicted octanol–water partition coefficient (Wildman–Crippen LogP) is 3.69. The maximum Gasteiger partial charge on any atom is 0.00385 e. The topological polar surface area (TPSA) is 3.24 Å². The number of rotatable bonds is 4.